The molecule has 3 rings (SSSR count). The maximum atomic E-state index is 12.4. The van der Waals surface area contributed by atoms with Gasteiger partial charge in [0.15, 0.2) is 17.1 Å². The van der Waals surface area contributed by atoms with Crippen LogP contribution in [0.5, 0.6) is 11.5 Å². The summed E-state index contributed by atoms with van der Waals surface area (Å²) in [7, 11) is 1.57. The largest absolute Gasteiger partial charge is 0.495 e. The maximum absolute atomic E-state index is 12.4. The Kier molecular flexibility index (Phi) is 7.59. The summed E-state index contributed by atoms with van der Waals surface area (Å²) in [5, 5.41) is 12.6. The van der Waals surface area contributed by atoms with Crippen molar-refractivity contribution in [2.45, 2.75) is 31.7 Å². The van der Waals surface area contributed by atoms with Gasteiger partial charge in [0, 0.05) is 6.54 Å². The average molecular weight is 447 g/mol. The highest BCUT2D eigenvalue weighted by molar-refractivity contribution is 7.99. The molecule has 1 N–H and O–H groups in total. The molecule has 3 aromatic rings. The minimum Gasteiger partial charge on any atom is -0.495 e. The van der Waals surface area contributed by atoms with Crippen molar-refractivity contribution in [3.05, 3.63) is 59.4 Å². The number of carbonyl (C=O) groups is 1. The number of carbonyl (C=O) groups excluding carboxylic acids is 1. The molecule has 1 atom stereocenters. The fourth-order valence-electron chi connectivity index (χ4n) is 2.85. The number of para-hydroxylation sites is 3. The predicted molar refractivity (Wildman–Crippen MR) is 119 cm³/mol. The zero-order valence-corrected chi connectivity index (χ0v) is 18.5. The summed E-state index contributed by atoms with van der Waals surface area (Å²) in [6.07, 6.45) is -0.353. The van der Waals surface area contributed by atoms with E-state index in [9.17, 15) is 4.79 Å². The lowest BCUT2D eigenvalue weighted by Crippen LogP contribution is -2.16. The monoisotopic (exact) mass is 446 g/mol. The molecule has 0 aliphatic carbocycles. The highest BCUT2D eigenvalue weighted by Gasteiger charge is 2.20. The Morgan fingerprint density at radius 2 is 1.87 bits per heavy atom. The smallest absolute Gasteiger partial charge is 0.234 e. The van der Waals surface area contributed by atoms with Gasteiger partial charge in [0.1, 0.15) is 11.5 Å². The molecule has 30 heavy (non-hydrogen) atoms. The molecule has 0 aliphatic heterocycles. The van der Waals surface area contributed by atoms with E-state index < -0.39 is 0 Å². The van der Waals surface area contributed by atoms with Gasteiger partial charge in [-0.1, -0.05) is 47.6 Å². The summed E-state index contributed by atoms with van der Waals surface area (Å²) in [6.45, 7) is 4.53. The lowest BCUT2D eigenvalue weighted by atomic mass is 10.3. The van der Waals surface area contributed by atoms with Gasteiger partial charge in [0.05, 0.1) is 23.6 Å². The molecule has 1 aromatic heterocycles. The van der Waals surface area contributed by atoms with Gasteiger partial charge < -0.3 is 19.4 Å². The SMILES string of the molecule is CCn1c(SCC(=O)Nc2ccccc2OC)nnc1[C@H](C)Oc1ccccc1Cl. The van der Waals surface area contributed by atoms with Crippen LogP contribution in [0.15, 0.2) is 53.7 Å². The highest BCUT2D eigenvalue weighted by atomic mass is 35.5. The van der Waals surface area contributed by atoms with Gasteiger partial charge in [-0.15, -0.1) is 10.2 Å². The predicted octanol–water partition coefficient (Wildman–Crippen LogP) is 4.83. The summed E-state index contributed by atoms with van der Waals surface area (Å²) in [6, 6.07) is 14.6. The maximum Gasteiger partial charge on any atom is 0.234 e. The number of anilines is 1. The standard InChI is InChI=1S/C21H23ClN4O3S/c1-4-26-20(14(2)29-17-11-7-5-9-15(17)22)24-25-21(26)30-13-19(27)23-16-10-6-8-12-18(16)28-3/h5-12,14H,4,13H2,1-3H3,(H,23,27)/t14-/m0/s1. The molecule has 7 nitrogen and oxygen atoms in total. The van der Waals surface area contributed by atoms with Crippen molar-refractivity contribution >= 4 is 35.0 Å². The number of halogens is 1. The van der Waals surface area contributed by atoms with Crippen molar-refractivity contribution in [1.29, 1.82) is 0 Å². The van der Waals surface area contributed by atoms with Gasteiger partial charge in [-0.25, -0.2) is 0 Å². The Labute approximate surface area is 184 Å². The van der Waals surface area contributed by atoms with Crippen LogP contribution >= 0.6 is 23.4 Å². The minimum atomic E-state index is -0.353. The van der Waals surface area contributed by atoms with Gasteiger partial charge in [-0.2, -0.15) is 0 Å². The molecule has 0 aliphatic rings. The summed E-state index contributed by atoms with van der Waals surface area (Å²) in [5.41, 5.74) is 0.630. The zero-order valence-electron chi connectivity index (χ0n) is 17.0. The Morgan fingerprint density at radius 3 is 2.57 bits per heavy atom. The number of ether oxygens (including phenoxy) is 2. The number of methoxy groups -OCH3 is 1. The number of aromatic nitrogens is 3. The quantitative estimate of drug-likeness (QED) is 0.474. The van der Waals surface area contributed by atoms with Crippen molar-refractivity contribution in [2.24, 2.45) is 0 Å². The third kappa shape index (κ3) is 5.25. The molecule has 2 aromatic carbocycles. The van der Waals surface area contributed by atoms with E-state index >= 15 is 0 Å². The van der Waals surface area contributed by atoms with E-state index in [4.69, 9.17) is 21.1 Å². The molecule has 1 amide bonds. The Morgan fingerprint density at radius 1 is 1.17 bits per heavy atom. The number of rotatable bonds is 9. The number of amides is 1. The number of nitrogens with zero attached hydrogens (tertiary/aromatic N) is 3. The van der Waals surface area contributed by atoms with E-state index in [0.29, 0.717) is 39.7 Å². The van der Waals surface area contributed by atoms with Crippen LogP contribution in [0.3, 0.4) is 0 Å². The zero-order chi connectivity index (χ0) is 21.5. The lowest BCUT2D eigenvalue weighted by Gasteiger charge is -2.16. The van der Waals surface area contributed by atoms with Crippen LogP contribution in [-0.2, 0) is 11.3 Å². The van der Waals surface area contributed by atoms with Crippen molar-refractivity contribution < 1.29 is 14.3 Å². The first-order chi connectivity index (χ1) is 14.5. The topological polar surface area (TPSA) is 78.3 Å². The Hall–Kier alpha value is -2.71. The first-order valence-corrected chi connectivity index (χ1v) is 10.8. The Balaban J connectivity index is 1.65. The normalized spacial score (nSPS) is 11.7. The first kappa shape index (κ1) is 22.0. The van der Waals surface area contributed by atoms with Crippen molar-refractivity contribution in [2.75, 3.05) is 18.2 Å². The number of nitrogens with one attached hydrogen (secondary N) is 1. The molecule has 1 heterocycles. The molecule has 158 valence electrons. The molecule has 0 saturated heterocycles. The van der Waals surface area contributed by atoms with Crippen LogP contribution in [0.2, 0.25) is 5.02 Å². The third-order valence-corrected chi connectivity index (χ3v) is 5.56. The van der Waals surface area contributed by atoms with E-state index in [-0.39, 0.29) is 17.8 Å². The van der Waals surface area contributed by atoms with Gasteiger partial charge in [0.25, 0.3) is 0 Å². The van der Waals surface area contributed by atoms with Crippen LogP contribution in [0.25, 0.3) is 0 Å². The number of hydrogen-bond donors (Lipinski definition) is 1. The van der Waals surface area contributed by atoms with Crippen molar-refractivity contribution in [3.8, 4) is 11.5 Å². The summed E-state index contributed by atoms with van der Waals surface area (Å²) >= 11 is 7.50. The van der Waals surface area contributed by atoms with Crippen LogP contribution in [0.1, 0.15) is 25.8 Å². The van der Waals surface area contributed by atoms with Gasteiger partial charge in [-0.05, 0) is 38.1 Å². The number of thioether (sulfide) groups is 1. The number of hydrogen-bond acceptors (Lipinski definition) is 6. The van der Waals surface area contributed by atoms with E-state index in [1.165, 1.54) is 11.8 Å². The second kappa shape index (κ2) is 10.4. The summed E-state index contributed by atoms with van der Waals surface area (Å²) in [4.78, 5) is 12.4. The third-order valence-electron chi connectivity index (χ3n) is 4.28. The Bertz CT molecular complexity index is 1010. The summed E-state index contributed by atoms with van der Waals surface area (Å²) in [5.74, 6) is 1.90. The second-order valence-corrected chi connectivity index (χ2v) is 7.66. The summed E-state index contributed by atoms with van der Waals surface area (Å²) < 4.78 is 13.2. The van der Waals surface area contributed by atoms with E-state index in [1.807, 2.05) is 48.7 Å². The molecular formula is C21H23ClN4O3S. The second-order valence-electron chi connectivity index (χ2n) is 6.31. The molecule has 0 fully saturated rings. The van der Waals surface area contributed by atoms with Crippen LogP contribution in [0.4, 0.5) is 5.69 Å². The lowest BCUT2D eigenvalue weighted by molar-refractivity contribution is -0.113. The molecule has 0 saturated carbocycles. The van der Waals surface area contributed by atoms with E-state index in [2.05, 4.69) is 15.5 Å². The molecular weight excluding hydrogens is 424 g/mol. The molecule has 0 radical (unpaired) electrons. The van der Waals surface area contributed by atoms with Crippen molar-refractivity contribution in [3.63, 3.8) is 0 Å². The number of benzene rings is 2. The van der Waals surface area contributed by atoms with Gasteiger partial charge >= 0.3 is 0 Å². The average Bonchev–Trinajstić information content (AvgIpc) is 3.17. The highest BCUT2D eigenvalue weighted by Crippen LogP contribution is 2.29. The first-order valence-electron chi connectivity index (χ1n) is 9.43. The fraction of sp³-hybridized carbons (Fsp3) is 0.286. The van der Waals surface area contributed by atoms with E-state index in [1.54, 1.807) is 25.3 Å². The van der Waals surface area contributed by atoms with E-state index in [0.717, 1.165) is 0 Å². The molecule has 0 bridgehead atoms. The minimum absolute atomic E-state index is 0.155. The van der Waals surface area contributed by atoms with Crippen molar-refractivity contribution in [1.82, 2.24) is 14.8 Å². The van der Waals surface area contributed by atoms with Crippen LogP contribution < -0.4 is 14.8 Å². The van der Waals surface area contributed by atoms with Gasteiger partial charge in [-0.3, -0.25) is 4.79 Å². The van der Waals surface area contributed by atoms with Crippen LogP contribution in [0, 0.1) is 0 Å². The molecule has 0 spiro atoms. The van der Waals surface area contributed by atoms with Crippen LogP contribution in [-0.4, -0.2) is 33.5 Å². The fourth-order valence-corrected chi connectivity index (χ4v) is 3.84. The molecule has 0 unspecified atom stereocenters. The van der Waals surface area contributed by atoms with Gasteiger partial charge in [0.2, 0.25) is 5.91 Å². The molecule has 9 heteroatoms.